The minimum Gasteiger partial charge on any atom is -0.446 e. The molecule has 0 aromatic heterocycles. The minimum atomic E-state index is -0.301. The van der Waals surface area contributed by atoms with Gasteiger partial charge in [-0.05, 0) is 172 Å². The van der Waals surface area contributed by atoms with E-state index in [1.165, 1.54) is 19.3 Å². The second-order valence-electron chi connectivity index (χ2n) is 17.6. The molecule has 6 rings (SSSR count). The summed E-state index contributed by atoms with van der Waals surface area (Å²) in [6, 6.07) is 0.525. The molecule has 0 aliphatic heterocycles. The number of carbonyl (C=O) groups excluding carboxylic acids is 4. The second kappa shape index (κ2) is 20.7. The Labute approximate surface area is 317 Å². The highest BCUT2D eigenvalue weighted by molar-refractivity contribution is 5.75. The van der Waals surface area contributed by atoms with Gasteiger partial charge in [-0.3, -0.25) is 0 Å². The molecule has 6 aliphatic rings. The summed E-state index contributed by atoms with van der Waals surface area (Å²) in [5, 5.41) is 19.0. The molecular formula is C41H70N6O6. The lowest BCUT2D eigenvalue weighted by Crippen LogP contribution is -2.51. The van der Waals surface area contributed by atoms with Crippen molar-refractivity contribution < 1.29 is 28.7 Å². The van der Waals surface area contributed by atoms with E-state index in [2.05, 4.69) is 31.9 Å². The molecule has 12 heteroatoms. The zero-order chi connectivity index (χ0) is 36.8. The SMILES string of the molecule is O=C(NC1CCC(CC2CCC(NC(=O)NC3CCCC(NC(=O)OC4CCCCC4)C3)CC2)CC1)NC1CCCC(NC(=O)OC2CCCCC2)C1. The predicted octanol–water partition coefficient (Wildman–Crippen LogP) is 7.83. The summed E-state index contributed by atoms with van der Waals surface area (Å²) in [7, 11) is 0. The van der Waals surface area contributed by atoms with E-state index in [-0.39, 0.29) is 72.7 Å². The third kappa shape index (κ3) is 13.7. The van der Waals surface area contributed by atoms with Crippen molar-refractivity contribution in [1.29, 1.82) is 0 Å². The smallest absolute Gasteiger partial charge is 0.407 e. The molecule has 0 aromatic rings. The fourth-order valence-corrected chi connectivity index (χ4v) is 10.4. The number of amides is 6. The van der Waals surface area contributed by atoms with E-state index < -0.39 is 0 Å². The Kier molecular flexibility index (Phi) is 15.5. The highest BCUT2D eigenvalue weighted by Gasteiger charge is 2.31. The molecule has 6 saturated carbocycles. The molecule has 0 radical (unpaired) electrons. The maximum Gasteiger partial charge on any atom is 0.407 e. The van der Waals surface area contributed by atoms with E-state index in [0.29, 0.717) is 11.8 Å². The van der Waals surface area contributed by atoms with E-state index in [4.69, 9.17) is 9.47 Å². The molecule has 0 aromatic carbocycles. The average Bonchev–Trinajstić information content (AvgIpc) is 3.14. The monoisotopic (exact) mass is 743 g/mol. The van der Waals surface area contributed by atoms with Crippen LogP contribution in [0, 0.1) is 11.8 Å². The van der Waals surface area contributed by atoms with Crippen LogP contribution in [0.15, 0.2) is 0 Å². The Morgan fingerprint density at radius 1 is 0.358 bits per heavy atom. The Balaban J connectivity index is 0.796. The van der Waals surface area contributed by atoms with Crippen LogP contribution in [-0.4, -0.2) is 72.7 Å². The number of hydrogen-bond acceptors (Lipinski definition) is 6. The van der Waals surface area contributed by atoms with Crippen molar-refractivity contribution in [2.45, 2.75) is 222 Å². The predicted molar refractivity (Wildman–Crippen MR) is 205 cm³/mol. The Morgan fingerprint density at radius 2 is 0.698 bits per heavy atom. The molecule has 0 heterocycles. The van der Waals surface area contributed by atoms with Crippen LogP contribution in [0.2, 0.25) is 0 Å². The lowest BCUT2D eigenvalue weighted by molar-refractivity contribution is 0.0702. The molecule has 53 heavy (non-hydrogen) atoms. The third-order valence-electron chi connectivity index (χ3n) is 13.3. The molecule has 0 spiro atoms. The van der Waals surface area contributed by atoms with E-state index in [0.717, 1.165) is 154 Å². The van der Waals surface area contributed by atoms with E-state index in [1.807, 2.05) is 0 Å². The van der Waals surface area contributed by atoms with Gasteiger partial charge in [0.2, 0.25) is 0 Å². The first-order chi connectivity index (χ1) is 25.8. The molecular weight excluding hydrogens is 672 g/mol. The van der Waals surface area contributed by atoms with Crippen molar-refractivity contribution >= 4 is 24.2 Å². The largest absolute Gasteiger partial charge is 0.446 e. The summed E-state index contributed by atoms with van der Waals surface area (Å²) in [4.78, 5) is 50.7. The minimum absolute atomic E-state index is 0.0475. The summed E-state index contributed by atoms with van der Waals surface area (Å²) in [6.45, 7) is 0. The van der Waals surface area contributed by atoms with Gasteiger partial charge in [-0.25, -0.2) is 19.2 Å². The van der Waals surface area contributed by atoms with Crippen molar-refractivity contribution in [2.75, 3.05) is 0 Å². The Bertz CT molecular complexity index is 1070. The van der Waals surface area contributed by atoms with Crippen LogP contribution >= 0.6 is 0 Å². The van der Waals surface area contributed by atoms with Gasteiger partial charge in [0.15, 0.2) is 0 Å². The third-order valence-corrected chi connectivity index (χ3v) is 13.3. The second-order valence-corrected chi connectivity index (χ2v) is 17.6. The van der Waals surface area contributed by atoms with Crippen molar-refractivity contribution in [3.05, 3.63) is 0 Å². The van der Waals surface area contributed by atoms with Crippen LogP contribution in [0.1, 0.15) is 173 Å². The number of hydrogen-bond donors (Lipinski definition) is 6. The van der Waals surface area contributed by atoms with Gasteiger partial charge in [-0.15, -0.1) is 0 Å². The summed E-state index contributed by atoms with van der Waals surface area (Å²) in [5.41, 5.74) is 0. The van der Waals surface area contributed by atoms with E-state index >= 15 is 0 Å². The summed E-state index contributed by atoms with van der Waals surface area (Å²) >= 11 is 0. The summed E-state index contributed by atoms with van der Waals surface area (Å²) in [6.07, 6.45) is 27.5. The Hall–Kier alpha value is -2.92. The van der Waals surface area contributed by atoms with Crippen LogP contribution in [0.3, 0.4) is 0 Å². The number of carbonyl (C=O) groups is 4. The van der Waals surface area contributed by atoms with Crippen LogP contribution in [0.25, 0.3) is 0 Å². The van der Waals surface area contributed by atoms with Crippen molar-refractivity contribution in [2.24, 2.45) is 11.8 Å². The first kappa shape index (κ1) is 39.8. The summed E-state index contributed by atoms with van der Waals surface area (Å²) in [5.74, 6) is 1.42. The number of rotatable bonds is 10. The van der Waals surface area contributed by atoms with Gasteiger partial charge in [0, 0.05) is 36.3 Å². The average molecular weight is 743 g/mol. The molecule has 4 unspecified atom stereocenters. The zero-order valence-corrected chi connectivity index (χ0v) is 32.3. The van der Waals surface area contributed by atoms with Gasteiger partial charge < -0.3 is 41.4 Å². The fourth-order valence-electron chi connectivity index (χ4n) is 10.4. The van der Waals surface area contributed by atoms with Crippen LogP contribution < -0.4 is 31.9 Å². The van der Waals surface area contributed by atoms with Gasteiger partial charge in [0.1, 0.15) is 12.2 Å². The number of ether oxygens (including phenoxy) is 2. The normalized spacial score (nSPS) is 33.1. The lowest BCUT2D eigenvalue weighted by Gasteiger charge is -2.35. The molecule has 0 bridgehead atoms. The summed E-state index contributed by atoms with van der Waals surface area (Å²) < 4.78 is 11.3. The lowest BCUT2D eigenvalue weighted by atomic mass is 9.75. The van der Waals surface area contributed by atoms with Crippen molar-refractivity contribution in [3.63, 3.8) is 0 Å². The van der Waals surface area contributed by atoms with Crippen molar-refractivity contribution in [1.82, 2.24) is 31.9 Å². The van der Waals surface area contributed by atoms with Gasteiger partial charge in [0.05, 0.1) is 0 Å². The maximum atomic E-state index is 12.9. The van der Waals surface area contributed by atoms with Crippen LogP contribution in [0.4, 0.5) is 19.2 Å². The standard InChI is InChI=1S/C41H70N6O6/c48-38(44-32-9-7-11-34(26-32)46-40(50)52-36-13-3-1-4-14-36)42-30-21-17-28(18-22-30)25-29-19-23-31(24-20-29)43-39(49)45-33-10-8-12-35(27-33)47-41(51)53-37-15-5-2-6-16-37/h28-37H,1-27H2,(H,46,50)(H,47,51)(H2,42,44,48)(H2,43,45,49). The molecule has 6 N–H and O–H groups in total. The quantitative estimate of drug-likeness (QED) is 0.134. The zero-order valence-electron chi connectivity index (χ0n) is 32.3. The Morgan fingerprint density at radius 3 is 1.08 bits per heavy atom. The maximum absolute atomic E-state index is 12.9. The van der Waals surface area contributed by atoms with Crippen LogP contribution in [-0.2, 0) is 9.47 Å². The number of alkyl carbamates (subject to hydrolysis) is 2. The number of urea groups is 2. The molecule has 0 saturated heterocycles. The number of nitrogens with one attached hydrogen (secondary N) is 6. The molecule has 4 atom stereocenters. The topological polar surface area (TPSA) is 159 Å². The molecule has 300 valence electrons. The fraction of sp³-hybridized carbons (Fsp3) is 0.902. The first-order valence-electron chi connectivity index (χ1n) is 21.9. The van der Waals surface area contributed by atoms with Crippen molar-refractivity contribution in [3.8, 4) is 0 Å². The highest BCUT2D eigenvalue weighted by atomic mass is 16.6. The van der Waals surface area contributed by atoms with Gasteiger partial charge in [-0.1, -0.05) is 12.8 Å². The van der Waals surface area contributed by atoms with Gasteiger partial charge >= 0.3 is 24.2 Å². The van der Waals surface area contributed by atoms with E-state index in [1.54, 1.807) is 0 Å². The van der Waals surface area contributed by atoms with Crippen LogP contribution in [0.5, 0.6) is 0 Å². The highest BCUT2D eigenvalue weighted by Crippen LogP contribution is 2.35. The first-order valence-corrected chi connectivity index (χ1v) is 21.9. The molecule has 6 amide bonds. The van der Waals surface area contributed by atoms with E-state index in [9.17, 15) is 19.2 Å². The molecule has 6 fully saturated rings. The molecule has 6 aliphatic carbocycles. The van der Waals surface area contributed by atoms with Gasteiger partial charge in [-0.2, -0.15) is 0 Å². The molecule has 12 nitrogen and oxygen atoms in total. The van der Waals surface area contributed by atoms with Gasteiger partial charge in [0.25, 0.3) is 0 Å².